The first kappa shape index (κ1) is 15.2. The summed E-state index contributed by atoms with van der Waals surface area (Å²) in [5.74, 6) is 0.581. The Kier molecular flexibility index (Phi) is 4.33. The van der Waals surface area contributed by atoms with E-state index in [0.29, 0.717) is 5.75 Å². The van der Waals surface area contributed by atoms with Crippen molar-refractivity contribution in [2.75, 3.05) is 0 Å². The normalized spacial score (nSPS) is 17.8. The summed E-state index contributed by atoms with van der Waals surface area (Å²) >= 11 is 1.53. The van der Waals surface area contributed by atoms with Crippen LogP contribution in [0.1, 0.15) is 23.1 Å². The number of fused-ring (bicyclic) bond motifs is 1. The monoisotopic (exact) mass is 332 g/mol. The van der Waals surface area contributed by atoms with Gasteiger partial charge in [0.25, 0.3) is 0 Å². The number of nitrogens with two attached hydrogens (primary N) is 1. The van der Waals surface area contributed by atoms with E-state index in [9.17, 15) is 8.42 Å². The number of ether oxygens (including phenoxy) is 1. The summed E-state index contributed by atoms with van der Waals surface area (Å²) < 4.78 is 28.5. The molecule has 1 aliphatic rings. The van der Waals surface area contributed by atoms with E-state index in [4.69, 9.17) is 9.88 Å². The summed E-state index contributed by atoms with van der Waals surface area (Å²) in [5, 5.41) is 7.93. The van der Waals surface area contributed by atoms with Crippen molar-refractivity contribution in [3.63, 3.8) is 0 Å². The molecular formula is C12H13ClN2O3S2. The number of nitrogens with zero attached hydrogens (tertiary/aromatic N) is 1. The third-order valence-corrected chi connectivity index (χ3v) is 4.82. The number of rotatable bonds is 2. The molecule has 0 fully saturated rings. The molecule has 0 saturated carbocycles. The van der Waals surface area contributed by atoms with Gasteiger partial charge >= 0.3 is 0 Å². The number of halogens is 1. The van der Waals surface area contributed by atoms with E-state index in [1.54, 1.807) is 12.3 Å². The SMILES string of the molecule is Cl.NS(=O)(=O)c1ccc2c(c1)OC(c1nccs1)CC2. The minimum absolute atomic E-state index is 0. The molecule has 1 aromatic heterocycles. The molecule has 2 heterocycles. The van der Waals surface area contributed by atoms with E-state index in [0.717, 1.165) is 23.4 Å². The Bertz CT molecular complexity index is 701. The molecule has 8 heteroatoms. The molecule has 108 valence electrons. The average molecular weight is 333 g/mol. The summed E-state index contributed by atoms with van der Waals surface area (Å²) in [7, 11) is -3.70. The molecule has 0 spiro atoms. The molecule has 0 radical (unpaired) electrons. The summed E-state index contributed by atoms with van der Waals surface area (Å²) in [6.45, 7) is 0. The minimum atomic E-state index is -3.70. The van der Waals surface area contributed by atoms with Crippen LogP contribution in [-0.4, -0.2) is 13.4 Å². The fourth-order valence-electron chi connectivity index (χ4n) is 2.09. The molecule has 2 N–H and O–H groups in total. The molecule has 20 heavy (non-hydrogen) atoms. The molecule has 1 atom stereocenters. The van der Waals surface area contributed by atoms with Crippen LogP contribution in [0.3, 0.4) is 0 Å². The predicted octanol–water partition coefficient (Wildman–Crippen LogP) is 2.28. The number of sulfonamides is 1. The Labute approximate surface area is 127 Å². The first-order chi connectivity index (χ1) is 9.04. The molecule has 0 aliphatic carbocycles. The lowest BCUT2D eigenvalue weighted by atomic mass is 10.0. The molecule has 0 saturated heterocycles. The highest BCUT2D eigenvalue weighted by atomic mass is 35.5. The third-order valence-electron chi connectivity index (χ3n) is 3.04. The zero-order chi connectivity index (χ0) is 13.5. The first-order valence-electron chi connectivity index (χ1n) is 5.76. The van der Waals surface area contributed by atoms with Crippen LogP contribution in [0.5, 0.6) is 5.75 Å². The van der Waals surface area contributed by atoms with Gasteiger partial charge in [-0.2, -0.15) is 0 Å². The molecule has 0 bridgehead atoms. The fourth-order valence-corrected chi connectivity index (χ4v) is 3.32. The van der Waals surface area contributed by atoms with Gasteiger partial charge in [0, 0.05) is 17.6 Å². The van der Waals surface area contributed by atoms with Gasteiger partial charge in [0.15, 0.2) is 6.10 Å². The second kappa shape index (κ2) is 5.69. The van der Waals surface area contributed by atoms with Gasteiger partial charge in [0.2, 0.25) is 10.0 Å². The number of aromatic nitrogens is 1. The van der Waals surface area contributed by atoms with Crippen LogP contribution in [0.4, 0.5) is 0 Å². The van der Waals surface area contributed by atoms with Gasteiger partial charge in [-0.15, -0.1) is 23.7 Å². The van der Waals surface area contributed by atoms with Gasteiger partial charge in [0.1, 0.15) is 10.8 Å². The number of benzene rings is 1. The standard InChI is InChI=1S/C12H12N2O3S2.ClH/c13-19(15,16)9-3-1-8-2-4-10(17-11(8)7-9)12-14-5-6-18-12;/h1,3,5-7,10H,2,4H2,(H2,13,15,16);1H. The maximum atomic E-state index is 11.3. The van der Waals surface area contributed by atoms with Crippen molar-refractivity contribution < 1.29 is 13.2 Å². The Balaban J connectivity index is 0.00000147. The largest absolute Gasteiger partial charge is 0.483 e. The highest BCUT2D eigenvalue weighted by Gasteiger charge is 2.24. The predicted molar refractivity (Wildman–Crippen MR) is 78.9 cm³/mol. The Hall–Kier alpha value is -1.15. The van der Waals surface area contributed by atoms with Crippen molar-refractivity contribution in [3.8, 4) is 5.75 Å². The highest BCUT2D eigenvalue weighted by Crippen LogP contribution is 2.36. The zero-order valence-electron chi connectivity index (χ0n) is 10.4. The Morgan fingerprint density at radius 1 is 1.40 bits per heavy atom. The van der Waals surface area contributed by atoms with Crippen LogP contribution in [0.2, 0.25) is 0 Å². The van der Waals surface area contributed by atoms with Crippen molar-refractivity contribution in [3.05, 3.63) is 40.3 Å². The van der Waals surface area contributed by atoms with Gasteiger partial charge in [-0.05, 0) is 24.5 Å². The zero-order valence-corrected chi connectivity index (χ0v) is 12.8. The first-order valence-corrected chi connectivity index (χ1v) is 8.18. The second-order valence-corrected chi connectivity index (χ2v) is 6.82. The summed E-state index contributed by atoms with van der Waals surface area (Å²) in [6.07, 6.45) is 3.31. The van der Waals surface area contributed by atoms with Crippen molar-refractivity contribution in [2.24, 2.45) is 5.14 Å². The number of hydrogen-bond acceptors (Lipinski definition) is 5. The smallest absolute Gasteiger partial charge is 0.238 e. The van der Waals surface area contributed by atoms with Crippen molar-refractivity contribution in [1.29, 1.82) is 0 Å². The molecule has 0 amide bonds. The number of primary sulfonamides is 1. The fraction of sp³-hybridized carbons (Fsp3) is 0.250. The van der Waals surface area contributed by atoms with Crippen LogP contribution in [-0.2, 0) is 16.4 Å². The maximum Gasteiger partial charge on any atom is 0.238 e. The molecule has 1 aliphatic heterocycles. The van der Waals surface area contributed by atoms with E-state index in [1.165, 1.54) is 23.5 Å². The average Bonchev–Trinajstić information content (AvgIpc) is 2.90. The van der Waals surface area contributed by atoms with E-state index in [-0.39, 0.29) is 23.4 Å². The van der Waals surface area contributed by atoms with Gasteiger partial charge < -0.3 is 4.74 Å². The summed E-state index contributed by atoms with van der Waals surface area (Å²) in [6, 6.07) is 4.76. The molecule has 1 unspecified atom stereocenters. The molecule has 1 aromatic carbocycles. The lowest BCUT2D eigenvalue weighted by Crippen LogP contribution is -2.17. The second-order valence-electron chi connectivity index (χ2n) is 4.33. The highest BCUT2D eigenvalue weighted by molar-refractivity contribution is 7.89. The number of aryl methyl sites for hydroxylation is 1. The summed E-state index contributed by atoms with van der Waals surface area (Å²) in [5.41, 5.74) is 1.00. The molecule has 5 nitrogen and oxygen atoms in total. The van der Waals surface area contributed by atoms with Crippen LogP contribution < -0.4 is 9.88 Å². The van der Waals surface area contributed by atoms with Crippen LogP contribution in [0.15, 0.2) is 34.7 Å². The van der Waals surface area contributed by atoms with E-state index in [2.05, 4.69) is 4.98 Å². The maximum absolute atomic E-state index is 11.3. The van der Waals surface area contributed by atoms with Crippen LogP contribution in [0, 0.1) is 0 Å². The van der Waals surface area contributed by atoms with E-state index < -0.39 is 10.0 Å². The van der Waals surface area contributed by atoms with Crippen molar-refractivity contribution in [1.82, 2.24) is 4.98 Å². The topological polar surface area (TPSA) is 82.3 Å². The van der Waals surface area contributed by atoms with Gasteiger partial charge in [-0.3, -0.25) is 0 Å². The van der Waals surface area contributed by atoms with Gasteiger partial charge in [-0.1, -0.05) is 6.07 Å². The van der Waals surface area contributed by atoms with Crippen molar-refractivity contribution in [2.45, 2.75) is 23.8 Å². The van der Waals surface area contributed by atoms with Crippen LogP contribution in [0.25, 0.3) is 0 Å². The lowest BCUT2D eigenvalue weighted by Gasteiger charge is -2.24. The van der Waals surface area contributed by atoms with Crippen LogP contribution >= 0.6 is 23.7 Å². The van der Waals surface area contributed by atoms with E-state index >= 15 is 0 Å². The summed E-state index contributed by atoms with van der Waals surface area (Å²) in [4.78, 5) is 4.31. The van der Waals surface area contributed by atoms with Crippen molar-refractivity contribution >= 4 is 33.8 Å². The Morgan fingerprint density at radius 2 is 2.20 bits per heavy atom. The number of thiazole rings is 1. The lowest BCUT2D eigenvalue weighted by molar-refractivity contribution is 0.175. The minimum Gasteiger partial charge on any atom is -0.483 e. The Morgan fingerprint density at radius 3 is 2.85 bits per heavy atom. The third kappa shape index (κ3) is 2.95. The molecular weight excluding hydrogens is 320 g/mol. The van der Waals surface area contributed by atoms with Gasteiger partial charge in [0.05, 0.1) is 4.90 Å². The number of hydrogen-bond donors (Lipinski definition) is 1. The molecule has 3 rings (SSSR count). The van der Waals surface area contributed by atoms with E-state index in [1.807, 2.05) is 5.38 Å². The van der Waals surface area contributed by atoms with Gasteiger partial charge in [-0.25, -0.2) is 18.5 Å². The molecule has 2 aromatic rings. The quantitative estimate of drug-likeness (QED) is 0.914.